The quantitative estimate of drug-likeness (QED) is 0.185. The van der Waals surface area contributed by atoms with Gasteiger partial charge in [0.05, 0.1) is 0 Å². The summed E-state index contributed by atoms with van der Waals surface area (Å²) in [5.41, 5.74) is 11.8. The largest absolute Gasteiger partial charge is 0.310 e. The average Bonchev–Trinajstić information content (AvgIpc) is 3.35. The van der Waals surface area contributed by atoms with Crippen LogP contribution >= 0.6 is 0 Å². The number of hydrogen-bond acceptors (Lipinski definition) is 1. The number of rotatable bonds is 4. The van der Waals surface area contributed by atoms with Crippen molar-refractivity contribution in [2.45, 2.75) is 32.1 Å². The summed E-state index contributed by atoms with van der Waals surface area (Å²) in [5, 5.41) is 7.75. The van der Waals surface area contributed by atoms with E-state index in [4.69, 9.17) is 0 Å². The van der Waals surface area contributed by atoms with Gasteiger partial charge in [0.25, 0.3) is 0 Å². The number of allylic oxidation sites excluding steroid dienone is 4. The van der Waals surface area contributed by atoms with Crippen LogP contribution in [0.3, 0.4) is 0 Å². The lowest BCUT2D eigenvalue weighted by molar-refractivity contribution is 0.651. The zero-order valence-corrected chi connectivity index (χ0v) is 26.3. The molecule has 46 heavy (non-hydrogen) atoms. The van der Waals surface area contributed by atoms with E-state index in [1.807, 2.05) is 0 Å². The molecule has 2 aliphatic rings. The first kappa shape index (κ1) is 27.0. The van der Waals surface area contributed by atoms with Crippen LogP contribution in [-0.4, -0.2) is 0 Å². The van der Waals surface area contributed by atoms with Crippen molar-refractivity contribution >= 4 is 55.0 Å². The van der Waals surface area contributed by atoms with Gasteiger partial charge in [-0.05, 0) is 115 Å². The molecule has 0 saturated heterocycles. The van der Waals surface area contributed by atoms with E-state index in [-0.39, 0.29) is 5.41 Å². The first-order valence-corrected chi connectivity index (χ1v) is 16.4. The third-order valence-electron chi connectivity index (χ3n) is 10.3. The van der Waals surface area contributed by atoms with E-state index < -0.39 is 0 Å². The van der Waals surface area contributed by atoms with E-state index in [0.29, 0.717) is 0 Å². The number of hydrogen-bond donors (Lipinski definition) is 0. The normalized spacial score (nSPS) is 15.0. The van der Waals surface area contributed by atoms with Crippen LogP contribution in [-0.2, 0) is 5.41 Å². The van der Waals surface area contributed by atoms with Crippen LogP contribution < -0.4 is 4.90 Å². The molecule has 7 aromatic rings. The molecular formula is C45H35N. The Kier molecular flexibility index (Phi) is 6.05. The van der Waals surface area contributed by atoms with E-state index in [1.165, 1.54) is 71.4 Å². The van der Waals surface area contributed by atoms with Crippen LogP contribution in [0.15, 0.2) is 157 Å². The fraction of sp³-hybridized carbons (Fsp3) is 0.111. The molecule has 1 heteroatoms. The lowest BCUT2D eigenvalue weighted by atomic mass is 9.80. The Morgan fingerprint density at radius 2 is 1.04 bits per heavy atom. The average molecular weight is 590 g/mol. The summed E-state index contributed by atoms with van der Waals surface area (Å²) in [6, 6.07) is 51.5. The van der Waals surface area contributed by atoms with E-state index >= 15 is 0 Å². The van der Waals surface area contributed by atoms with Crippen molar-refractivity contribution in [1.82, 2.24) is 0 Å². The standard InChI is InChI=1S/C45H35N/c1-45(2)43-19-11-10-18-40(43)41-27-25-34(29-44(41)45)46(32-22-20-31(21-23-32)30-12-4-3-5-13-30)33-24-26-39-37-16-7-6-14-35(37)36-15-8-9-17-38(36)42(39)28-33/h3-9,11-17,19-29H,10,18H2,1-2H3. The topological polar surface area (TPSA) is 3.24 Å². The van der Waals surface area contributed by atoms with Gasteiger partial charge in [0.1, 0.15) is 0 Å². The van der Waals surface area contributed by atoms with Gasteiger partial charge in [0.15, 0.2) is 0 Å². The first-order chi connectivity index (χ1) is 22.6. The highest BCUT2D eigenvalue weighted by Gasteiger charge is 2.37. The molecule has 0 spiro atoms. The second kappa shape index (κ2) is 10.3. The summed E-state index contributed by atoms with van der Waals surface area (Å²) < 4.78 is 0. The molecule has 220 valence electrons. The molecule has 0 bridgehead atoms. The summed E-state index contributed by atoms with van der Waals surface area (Å²) in [6.07, 6.45) is 6.96. The molecule has 0 heterocycles. The molecule has 0 N–H and O–H groups in total. The third-order valence-corrected chi connectivity index (χ3v) is 10.3. The zero-order valence-electron chi connectivity index (χ0n) is 26.3. The van der Waals surface area contributed by atoms with Crippen molar-refractivity contribution in [2.75, 3.05) is 4.90 Å². The highest BCUT2D eigenvalue weighted by molar-refractivity contribution is 6.25. The molecule has 0 aliphatic heterocycles. The second-order valence-corrected chi connectivity index (χ2v) is 13.3. The predicted octanol–water partition coefficient (Wildman–Crippen LogP) is 12.7. The lowest BCUT2D eigenvalue weighted by Crippen LogP contribution is -2.18. The third kappa shape index (κ3) is 4.08. The second-order valence-electron chi connectivity index (χ2n) is 13.3. The van der Waals surface area contributed by atoms with Crippen molar-refractivity contribution in [3.63, 3.8) is 0 Å². The molecule has 2 aliphatic carbocycles. The van der Waals surface area contributed by atoms with Gasteiger partial charge in [0.2, 0.25) is 0 Å². The number of nitrogens with zero attached hydrogens (tertiary/aromatic N) is 1. The Labute approximate surface area is 270 Å². The van der Waals surface area contributed by atoms with Crippen molar-refractivity contribution in [2.24, 2.45) is 0 Å². The molecule has 0 amide bonds. The Morgan fingerprint density at radius 1 is 0.500 bits per heavy atom. The minimum Gasteiger partial charge on any atom is -0.310 e. The Hall–Kier alpha value is -5.40. The Balaban J connectivity index is 1.26. The molecule has 0 aromatic heterocycles. The van der Waals surface area contributed by atoms with Crippen LogP contribution in [0.25, 0.3) is 49.0 Å². The molecule has 0 saturated carbocycles. The minimum absolute atomic E-state index is 0.0288. The van der Waals surface area contributed by atoms with Gasteiger partial charge in [-0.1, -0.05) is 129 Å². The SMILES string of the molecule is CC1(C)C2=C(CCC=C2)c2ccc(N(c3ccc(-c4ccccc4)cc3)c3ccc4c5ccccc5c5ccccc5c4c3)cc21. The van der Waals surface area contributed by atoms with E-state index in [2.05, 4.69) is 170 Å². The smallest absolute Gasteiger partial charge is 0.0468 e. The molecule has 9 rings (SSSR count). The van der Waals surface area contributed by atoms with Gasteiger partial charge in [0, 0.05) is 22.5 Å². The monoisotopic (exact) mass is 589 g/mol. The molecule has 0 fully saturated rings. The maximum atomic E-state index is 2.45. The Morgan fingerprint density at radius 3 is 1.74 bits per heavy atom. The van der Waals surface area contributed by atoms with Crippen LogP contribution in [0.2, 0.25) is 0 Å². The molecule has 0 unspecified atom stereocenters. The van der Waals surface area contributed by atoms with Crippen molar-refractivity contribution in [3.8, 4) is 11.1 Å². The highest BCUT2D eigenvalue weighted by Crippen LogP contribution is 2.52. The maximum Gasteiger partial charge on any atom is 0.0468 e. The van der Waals surface area contributed by atoms with Gasteiger partial charge in [-0.2, -0.15) is 0 Å². The minimum atomic E-state index is -0.0288. The molecule has 0 radical (unpaired) electrons. The predicted molar refractivity (Wildman–Crippen MR) is 197 cm³/mol. The maximum absolute atomic E-state index is 2.45. The fourth-order valence-electron chi connectivity index (χ4n) is 8.04. The van der Waals surface area contributed by atoms with E-state index in [1.54, 1.807) is 0 Å². The van der Waals surface area contributed by atoms with Crippen LogP contribution in [0, 0.1) is 0 Å². The van der Waals surface area contributed by atoms with Gasteiger partial charge in [-0.15, -0.1) is 0 Å². The van der Waals surface area contributed by atoms with Crippen LogP contribution in [0.5, 0.6) is 0 Å². The van der Waals surface area contributed by atoms with E-state index in [0.717, 1.165) is 24.2 Å². The molecule has 0 atom stereocenters. The van der Waals surface area contributed by atoms with Crippen molar-refractivity contribution < 1.29 is 0 Å². The highest BCUT2D eigenvalue weighted by atomic mass is 15.1. The number of anilines is 3. The zero-order chi connectivity index (χ0) is 30.8. The van der Waals surface area contributed by atoms with E-state index in [9.17, 15) is 0 Å². The van der Waals surface area contributed by atoms with Gasteiger partial charge < -0.3 is 4.90 Å². The first-order valence-electron chi connectivity index (χ1n) is 16.4. The summed E-state index contributed by atoms with van der Waals surface area (Å²) in [4.78, 5) is 2.45. The van der Waals surface area contributed by atoms with Crippen LogP contribution in [0.1, 0.15) is 37.8 Å². The van der Waals surface area contributed by atoms with Gasteiger partial charge in [-0.3, -0.25) is 0 Å². The Bertz CT molecular complexity index is 2340. The van der Waals surface area contributed by atoms with Crippen molar-refractivity contribution in [1.29, 1.82) is 0 Å². The fourth-order valence-corrected chi connectivity index (χ4v) is 8.04. The molecule has 7 aromatic carbocycles. The molecular weight excluding hydrogens is 555 g/mol. The summed E-state index contributed by atoms with van der Waals surface area (Å²) in [7, 11) is 0. The van der Waals surface area contributed by atoms with Gasteiger partial charge >= 0.3 is 0 Å². The summed E-state index contributed by atoms with van der Waals surface area (Å²) in [5.74, 6) is 0. The van der Waals surface area contributed by atoms with Gasteiger partial charge in [-0.25, -0.2) is 0 Å². The van der Waals surface area contributed by atoms with Crippen LogP contribution in [0.4, 0.5) is 17.1 Å². The number of benzene rings is 7. The lowest BCUT2D eigenvalue weighted by Gasteiger charge is -2.29. The summed E-state index contributed by atoms with van der Waals surface area (Å²) in [6.45, 7) is 4.78. The molecule has 1 nitrogen and oxygen atoms in total. The van der Waals surface area contributed by atoms with Crippen molar-refractivity contribution in [3.05, 3.63) is 168 Å². The summed E-state index contributed by atoms with van der Waals surface area (Å²) >= 11 is 0. The number of fused-ring (bicyclic) bond motifs is 8.